The van der Waals surface area contributed by atoms with Crippen LogP contribution in [0.1, 0.15) is 24.0 Å². The summed E-state index contributed by atoms with van der Waals surface area (Å²) in [5, 5.41) is 15.1. The van der Waals surface area contributed by atoms with Crippen LogP contribution >= 0.6 is 11.6 Å². The number of nitrogens with zero attached hydrogens (tertiary/aromatic N) is 3. The van der Waals surface area contributed by atoms with Gasteiger partial charge in [0.2, 0.25) is 0 Å². The number of pyridine rings is 1. The fourth-order valence-electron chi connectivity index (χ4n) is 3.30. The van der Waals surface area contributed by atoms with Gasteiger partial charge in [-0.3, -0.25) is 9.59 Å². The molecule has 0 atom stereocenters. The van der Waals surface area contributed by atoms with Crippen molar-refractivity contribution in [1.82, 2.24) is 15.6 Å². The summed E-state index contributed by atoms with van der Waals surface area (Å²) in [5.41, 5.74) is 1.32. The lowest BCUT2D eigenvalue weighted by Crippen LogP contribution is -2.43. The molecule has 2 N–H and O–H groups in total. The quantitative estimate of drug-likeness (QED) is 0.735. The van der Waals surface area contributed by atoms with Crippen molar-refractivity contribution in [2.45, 2.75) is 19.4 Å². The van der Waals surface area contributed by atoms with Gasteiger partial charge in [-0.15, -0.1) is 0 Å². The van der Waals surface area contributed by atoms with Crippen LogP contribution in [-0.4, -0.2) is 36.4 Å². The van der Waals surface area contributed by atoms with Gasteiger partial charge in [-0.25, -0.2) is 4.98 Å². The Kier molecular flexibility index (Phi) is 7.04. The fraction of sp³-hybridized carbons (Fsp3) is 0.333. The van der Waals surface area contributed by atoms with Crippen LogP contribution in [0.3, 0.4) is 0 Å². The molecule has 0 spiro atoms. The number of aromatic nitrogens is 1. The Morgan fingerprint density at radius 2 is 1.86 bits per heavy atom. The van der Waals surface area contributed by atoms with E-state index in [1.807, 2.05) is 6.07 Å². The van der Waals surface area contributed by atoms with Crippen LogP contribution in [0.2, 0.25) is 5.02 Å². The number of halogens is 1. The molecule has 1 aromatic carbocycles. The molecule has 1 fully saturated rings. The van der Waals surface area contributed by atoms with Gasteiger partial charge in [-0.05, 0) is 42.5 Å². The zero-order valence-corrected chi connectivity index (χ0v) is 16.7. The maximum Gasteiger partial charge on any atom is 0.309 e. The van der Waals surface area contributed by atoms with E-state index in [1.165, 1.54) is 0 Å². The minimum Gasteiger partial charge on any atom is -0.356 e. The number of nitriles is 1. The average Bonchev–Trinajstić information content (AvgIpc) is 2.77. The molecule has 3 rings (SSSR count). The summed E-state index contributed by atoms with van der Waals surface area (Å²) in [6.45, 7) is 2.16. The molecule has 0 radical (unpaired) electrons. The second kappa shape index (κ2) is 9.89. The number of benzene rings is 1. The molecule has 150 valence electrons. The first-order chi connectivity index (χ1) is 14.1. The van der Waals surface area contributed by atoms with Crippen molar-refractivity contribution in [3.05, 3.63) is 58.7 Å². The van der Waals surface area contributed by atoms with Gasteiger partial charge in [0.25, 0.3) is 0 Å². The number of piperidine rings is 1. The van der Waals surface area contributed by atoms with E-state index in [-0.39, 0.29) is 12.5 Å². The van der Waals surface area contributed by atoms with E-state index in [1.54, 1.807) is 36.5 Å². The van der Waals surface area contributed by atoms with Crippen molar-refractivity contribution in [2.75, 3.05) is 24.5 Å². The molecule has 1 aliphatic heterocycles. The van der Waals surface area contributed by atoms with Crippen molar-refractivity contribution >= 4 is 29.2 Å². The molecule has 0 saturated carbocycles. The molecule has 0 unspecified atom stereocenters. The van der Waals surface area contributed by atoms with Crippen molar-refractivity contribution in [3.8, 4) is 6.07 Å². The van der Waals surface area contributed by atoms with E-state index in [9.17, 15) is 14.9 Å². The minimum absolute atomic E-state index is 0.204. The molecule has 1 saturated heterocycles. The topological polar surface area (TPSA) is 98.1 Å². The third-order valence-electron chi connectivity index (χ3n) is 4.98. The fourth-order valence-corrected chi connectivity index (χ4v) is 3.50. The summed E-state index contributed by atoms with van der Waals surface area (Å²) < 4.78 is 0. The Morgan fingerprint density at radius 1 is 1.14 bits per heavy atom. The SMILES string of the molecule is N#Cc1cccnc1N1CCC(CNC(=O)C(=O)NCc2ccccc2Cl)CC1. The van der Waals surface area contributed by atoms with Crippen LogP contribution < -0.4 is 15.5 Å². The summed E-state index contributed by atoms with van der Waals surface area (Å²) in [4.78, 5) is 30.5. The summed E-state index contributed by atoms with van der Waals surface area (Å²) in [6.07, 6.45) is 3.38. The summed E-state index contributed by atoms with van der Waals surface area (Å²) in [7, 11) is 0. The molecule has 8 heteroatoms. The third-order valence-corrected chi connectivity index (χ3v) is 5.34. The van der Waals surface area contributed by atoms with Gasteiger partial charge in [-0.1, -0.05) is 29.8 Å². The second-order valence-corrected chi connectivity index (χ2v) is 7.31. The van der Waals surface area contributed by atoms with Crippen LogP contribution in [-0.2, 0) is 16.1 Å². The normalized spacial score (nSPS) is 14.1. The van der Waals surface area contributed by atoms with Gasteiger partial charge in [0.05, 0.1) is 5.56 Å². The monoisotopic (exact) mass is 411 g/mol. The second-order valence-electron chi connectivity index (χ2n) is 6.90. The van der Waals surface area contributed by atoms with Crippen molar-refractivity contribution in [2.24, 2.45) is 5.92 Å². The zero-order chi connectivity index (χ0) is 20.6. The van der Waals surface area contributed by atoms with Gasteiger partial charge in [0, 0.05) is 37.4 Å². The van der Waals surface area contributed by atoms with E-state index in [2.05, 4.69) is 26.6 Å². The molecule has 2 aromatic rings. The minimum atomic E-state index is -0.672. The van der Waals surface area contributed by atoms with Gasteiger partial charge < -0.3 is 15.5 Å². The Hall–Kier alpha value is -3.11. The zero-order valence-electron chi connectivity index (χ0n) is 15.9. The van der Waals surface area contributed by atoms with Gasteiger partial charge in [0.1, 0.15) is 11.9 Å². The number of nitrogens with one attached hydrogen (secondary N) is 2. The van der Waals surface area contributed by atoms with Crippen LogP contribution in [0.5, 0.6) is 0 Å². The molecule has 29 heavy (non-hydrogen) atoms. The highest BCUT2D eigenvalue weighted by molar-refractivity contribution is 6.35. The predicted molar refractivity (Wildman–Crippen MR) is 110 cm³/mol. The molecule has 1 aliphatic rings. The van der Waals surface area contributed by atoms with Crippen molar-refractivity contribution in [3.63, 3.8) is 0 Å². The first kappa shape index (κ1) is 20.6. The van der Waals surface area contributed by atoms with Gasteiger partial charge in [-0.2, -0.15) is 5.26 Å². The Labute approximate surface area is 174 Å². The number of carbonyl (C=O) groups is 2. The van der Waals surface area contributed by atoms with Crippen LogP contribution in [0.25, 0.3) is 0 Å². The molecule has 1 aromatic heterocycles. The number of hydrogen-bond acceptors (Lipinski definition) is 5. The number of anilines is 1. The highest BCUT2D eigenvalue weighted by atomic mass is 35.5. The van der Waals surface area contributed by atoms with Crippen LogP contribution in [0.4, 0.5) is 5.82 Å². The predicted octanol–water partition coefficient (Wildman–Crippen LogP) is 2.26. The highest BCUT2D eigenvalue weighted by Gasteiger charge is 2.23. The van der Waals surface area contributed by atoms with Crippen LogP contribution in [0, 0.1) is 17.2 Å². The number of amides is 2. The lowest BCUT2D eigenvalue weighted by Gasteiger charge is -2.33. The molecule has 2 amide bonds. The Bertz CT molecular complexity index is 919. The van der Waals surface area contributed by atoms with E-state index in [0.29, 0.717) is 22.9 Å². The average molecular weight is 412 g/mol. The van der Waals surface area contributed by atoms with E-state index in [0.717, 1.165) is 31.5 Å². The van der Waals surface area contributed by atoms with E-state index in [4.69, 9.17) is 11.6 Å². The smallest absolute Gasteiger partial charge is 0.309 e. The maximum atomic E-state index is 12.0. The number of rotatable bonds is 5. The largest absolute Gasteiger partial charge is 0.356 e. The van der Waals surface area contributed by atoms with Crippen LogP contribution in [0.15, 0.2) is 42.6 Å². The van der Waals surface area contributed by atoms with Crippen molar-refractivity contribution in [1.29, 1.82) is 5.26 Å². The lowest BCUT2D eigenvalue weighted by atomic mass is 9.96. The van der Waals surface area contributed by atoms with Crippen molar-refractivity contribution < 1.29 is 9.59 Å². The molecule has 0 aliphatic carbocycles. The standard InChI is InChI=1S/C21H22ClN5O2/c22-18-6-2-1-4-17(18)14-26-21(29)20(28)25-13-15-7-10-27(11-8-15)19-16(12-23)5-3-9-24-19/h1-6,9,15H,7-8,10-11,13-14H2,(H,25,28)(H,26,29). The van der Waals surface area contributed by atoms with E-state index < -0.39 is 11.8 Å². The Morgan fingerprint density at radius 3 is 2.59 bits per heavy atom. The first-order valence-corrected chi connectivity index (χ1v) is 9.85. The molecular formula is C21H22ClN5O2. The molecular weight excluding hydrogens is 390 g/mol. The molecule has 2 heterocycles. The van der Waals surface area contributed by atoms with Gasteiger partial charge in [0.15, 0.2) is 0 Å². The Balaban J connectivity index is 1.42. The third kappa shape index (κ3) is 5.46. The number of hydrogen-bond donors (Lipinski definition) is 2. The maximum absolute atomic E-state index is 12.0. The van der Waals surface area contributed by atoms with E-state index >= 15 is 0 Å². The highest BCUT2D eigenvalue weighted by Crippen LogP contribution is 2.23. The number of carbonyl (C=O) groups excluding carboxylic acids is 2. The molecule has 7 nitrogen and oxygen atoms in total. The van der Waals surface area contributed by atoms with Gasteiger partial charge >= 0.3 is 11.8 Å². The summed E-state index contributed by atoms with van der Waals surface area (Å²) in [5.74, 6) is -0.331. The first-order valence-electron chi connectivity index (χ1n) is 9.48. The summed E-state index contributed by atoms with van der Waals surface area (Å²) in [6, 6.07) is 12.8. The lowest BCUT2D eigenvalue weighted by molar-refractivity contribution is -0.139. The summed E-state index contributed by atoms with van der Waals surface area (Å²) >= 11 is 6.05. The molecule has 0 bridgehead atoms.